The summed E-state index contributed by atoms with van der Waals surface area (Å²) in [7, 11) is 0. The zero-order chi connectivity index (χ0) is 21.9. The molecule has 0 radical (unpaired) electrons. The Hall–Kier alpha value is -1.60. The number of esters is 1. The molecule has 2 fully saturated rings. The smallest absolute Gasteiger partial charge is 0.401 e. The maximum atomic E-state index is 13.2. The SMILES string of the molecule is CC(C)(C)OC(=O)CCN1CCC(CN(CC(F)(F)F)C2CC2c2ccccc2)C1. The van der Waals surface area contributed by atoms with E-state index in [1.807, 2.05) is 51.1 Å². The summed E-state index contributed by atoms with van der Waals surface area (Å²) in [5.74, 6) is 0.162. The summed E-state index contributed by atoms with van der Waals surface area (Å²) in [5.41, 5.74) is 0.627. The quantitative estimate of drug-likeness (QED) is 0.575. The van der Waals surface area contributed by atoms with Gasteiger partial charge < -0.3 is 9.64 Å². The van der Waals surface area contributed by atoms with Gasteiger partial charge in [0.25, 0.3) is 0 Å². The van der Waals surface area contributed by atoms with Crippen LogP contribution in [0.1, 0.15) is 51.5 Å². The summed E-state index contributed by atoms with van der Waals surface area (Å²) in [6.07, 6.45) is -2.23. The number of hydrogen-bond acceptors (Lipinski definition) is 4. The lowest BCUT2D eigenvalue weighted by Gasteiger charge is -2.27. The van der Waals surface area contributed by atoms with E-state index in [9.17, 15) is 18.0 Å². The maximum Gasteiger partial charge on any atom is 0.401 e. The van der Waals surface area contributed by atoms with E-state index in [2.05, 4.69) is 4.90 Å². The molecule has 0 N–H and O–H groups in total. The molecule has 0 spiro atoms. The summed E-state index contributed by atoms with van der Waals surface area (Å²) < 4.78 is 45.0. The van der Waals surface area contributed by atoms with Gasteiger partial charge in [0.05, 0.1) is 13.0 Å². The molecule has 2 aliphatic rings. The third-order valence-electron chi connectivity index (χ3n) is 5.75. The minimum atomic E-state index is -4.20. The third-order valence-corrected chi connectivity index (χ3v) is 5.75. The molecule has 3 unspecified atom stereocenters. The van der Waals surface area contributed by atoms with Crippen LogP contribution in [-0.4, -0.2) is 66.3 Å². The van der Waals surface area contributed by atoms with Gasteiger partial charge in [0, 0.05) is 31.6 Å². The zero-order valence-corrected chi connectivity index (χ0v) is 18.1. The topological polar surface area (TPSA) is 32.8 Å². The average molecular weight is 427 g/mol. The first-order valence-electron chi connectivity index (χ1n) is 10.8. The average Bonchev–Trinajstić information content (AvgIpc) is 3.31. The molecule has 4 nitrogen and oxygen atoms in total. The highest BCUT2D eigenvalue weighted by molar-refractivity contribution is 5.70. The number of benzene rings is 1. The molecule has 1 saturated heterocycles. The van der Waals surface area contributed by atoms with Crippen LogP contribution in [-0.2, 0) is 9.53 Å². The van der Waals surface area contributed by atoms with Crippen molar-refractivity contribution in [2.45, 2.75) is 63.8 Å². The fourth-order valence-electron chi connectivity index (χ4n) is 4.43. The Bertz CT molecular complexity index is 703. The van der Waals surface area contributed by atoms with Crippen molar-refractivity contribution in [3.63, 3.8) is 0 Å². The molecule has 1 aliphatic heterocycles. The van der Waals surface area contributed by atoms with Crippen molar-refractivity contribution in [3.05, 3.63) is 35.9 Å². The largest absolute Gasteiger partial charge is 0.460 e. The number of likely N-dealkylation sites (tertiary alicyclic amines) is 1. The van der Waals surface area contributed by atoms with Gasteiger partial charge in [-0.15, -0.1) is 0 Å². The number of rotatable bonds is 8. The third kappa shape index (κ3) is 7.27. The molecular weight excluding hydrogens is 393 g/mol. The number of halogens is 3. The van der Waals surface area contributed by atoms with Crippen molar-refractivity contribution in [3.8, 4) is 0 Å². The van der Waals surface area contributed by atoms with Crippen LogP contribution in [0, 0.1) is 5.92 Å². The number of alkyl halides is 3. The van der Waals surface area contributed by atoms with Crippen LogP contribution in [0.25, 0.3) is 0 Å². The normalized spacial score (nSPS) is 25.0. The molecule has 3 atom stereocenters. The van der Waals surface area contributed by atoms with E-state index in [-0.39, 0.29) is 23.8 Å². The molecule has 168 valence electrons. The first kappa shape index (κ1) is 23.1. The van der Waals surface area contributed by atoms with Gasteiger partial charge in [-0.1, -0.05) is 30.3 Å². The summed E-state index contributed by atoms with van der Waals surface area (Å²) in [6, 6.07) is 9.79. The Kier molecular flexibility index (Phi) is 7.13. The Labute approximate surface area is 177 Å². The van der Waals surface area contributed by atoms with Crippen molar-refractivity contribution < 1.29 is 22.7 Å². The highest BCUT2D eigenvalue weighted by atomic mass is 19.4. The number of nitrogens with zero attached hydrogens (tertiary/aromatic N) is 2. The lowest BCUT2D eigenvalue weighted by Crippen LogP contribution is -2.40. The number of ether oxygens (including phenoxy) is 1. The van der Waals surface area contributed by atoms with Crippen LogP contribution in [0.4, 0.5) is 13.2 Å². The molecule has 0 aromatic heterocycles. The summed E-state index contributed by atoms with van der Waals surface area (Å²) >= 11 is 0. The second-order valence-electron chi connectivity index (χ2n) is 9.66. The van der Waals surface area contributed by atoms with Crippen molar-refractivity contribution in [1.82, 2.24) is 9.80 Å². The first-order chi connectivity index (χ1) is 14.0. The van der Waals surface area contributed by atoms with Gasteiger partial charge in [-0.25, -0.2) is 0 Å². The van der Waals surface area contributed by atoms with Gasteiger partial charge in [0.1, 0.15) is 5.60 Å². The van der Waals surface area contributed by atoms with Crippen LogP contribution in [0.15, 0.2) is 30.3 Å². The number of carbonyl (C=O) groups excluding carboxylic acids is 1. The predicted octanol–water partition coefficient (Wildman–Crippen LogP) is 4.46. The van der Waals surface area contributed by atoms with Crippen LogP contribution in [0.2, 0.25) is 0 Å². The van der Waals surface area contributed by atoms with E-state index < -0.39 is 18.3 Å². The van der Waals surface area contributed by atoms with Crippen molar-refractivity contribution >= 4 is 5.97 Å². The van der Waals surface area contributed by atoms with Crippen LogP contribution in [0.5, 0.6) is 0 Å². The molecule has 7 heteroatoms. The van der Waals surface area contributed by atoms with Gasteiger partial charge >= 0.3 is 12.1 Å². The van der Waals surface area contributed by atoms with E-state index in [4.69, 9.17) is 4.74 Å². The Morgan fingerprint density at radius 1 is 1.20 bits per heavy atom. The molecule has 1 aromatic carbocycles. The molecule has 1 heterocycles. The molecule has 0 amide bonds. The monoisotopic (exact) mass is 426 g/mol. The highest BCUT2D eigenvalue weighted by Gasteiger charge is 2.46. The fourth-order valence-corrected chi connectivity index (χ4v) is 4.43. The zero-order valence-electron chi connectivity index (χ0n) is 18.1. The minimum absolute atomic E-state index is 0.0372. The van der Waals surface area contributed by atoms with E-state index >= 15 is 0 Å². The molecular formula is C23H33F3N2O2. The summed E-state index contributed by atoms with van der Waals surface area (Å²) in [5, 5.41) is 0. The number of carbonyl (C=O) groups is 1. The second kappa shape index (κ2) is 9.27. The van der Waals surface area contributed by atoms with Crippen LogP contribution in [0.3, 0.4) is 0 Å². The molecule has 1 aliphatic carbocycles. The fraction of sp³-hybridized carbons (Fsp3) is 0.696. The van der Waals surface area contributed by atoms with Crippen LogP contribution < -0.4 is 0 Å². The lowest BCUT2D eigenvalue weighted by atomic mass is 10.1. The molecule has 30 heavy (non-hydrogen) atoms. The number of hydrogen-bond donors (Lipinski definition) is 0. The van der Waals surface area contributed by atoms with Crippen LogP contribution >= 0.6 is 0 Å². The summed E-state index contributed by atoms with van der Waals surface area (Å²) in [6.45, 7) is 7.28. The first-order valence-corrected chi connectivity index (χ1v) is 10.8. The van der Waals surface area contributed by atoms with E-state index in [0.717, 1.165) is 31.5 Å². The maximum absolute atomic E-state index is 13.2. The Balaban J connectivity index is 1.50. The van der Waals surface area contributed by atoms with Gasteiger partial charge in [-0.05, 0) is 51.6 Å². The highest BCUT2D eigenvalue weighted by Crippen LogP contribution is 2.45. The van der Waals surface area contributed by atoms with E-state index in [1.54, 1.807) is 4.90 Å². The summed E-state index contributed by atoms with van der Waals surface area (Å²) in [4.78, 5) is 15.7. The lowest BCUT2D eigenvalue weighted by molar-refractivity contribution is -0.155. The van der Waals surface area contributed by atoms with E-state index in [0.29, 0.717) is 19.5 Å². The van der Waals surface area contributed by atoms with Gasteiger partial charge in [-0.2, -0.15) is 13.2 Å². The minimum Gasteiger partial charge on any atom is -0.460 e. The Morgan fingerprint density at radius 3 is 2.53 bits per heavy atom. The molecule has 0 bridgehead atoms. The van der Waals surface area contributed by atoms with Gasteiger partial charge in [-0.3, -0.25) is 9.69 Å². The van der Waals surface area contributed by atoms with Crippen molar-refractivity contribution in [1.29, 1.82) is 0 Å². The molecule has 1 aromatic rings. The van der Waals surface area contributed by atoms with Crippen molar-refractivity contribution in [2.75, 3.05) is 32.7 Å². The standard InChI is InChI=1S/C23H33F3N2O2/c1-22(2,3)30-21(29)10-12-27-11-9-17(14-27)15-28(16-23(24,25)26)20-13-19(20)18-7-5-4-6-8-18/h4-8,17,19-20H,9-16H2,1-3H3. The van der Waals surface area contributed by atoms with Gasteiger partial charge in [0.2, 0.25) is 0 Å². The van der Waals surface area contributed by atoms with E-state index in [1.165, 1.54) is 0 Å². The predicted molar refractivity (Wildman–Crippen MR) is 110 cm³/mol. The molecule has 1 saturated carbocycles. The Morgan fingerprint density at radius 2 is 1.90 bits per heavy atom. The van der Waals surface area contributed by atoms with Gasteiger partial charge in [0.15, 0.2) is 0 Å². The second-order valence-corrected chi connectivity index (χ2v) is 9.66. The van der Waals surface area contributed by atoms with Crippen molar-refractivity contribution in [2.24, 2.45) is 5.92 Å². The molecule has 3 rings (SSSR count).